The third-order valence-corrected chi connectivity index (χ3v) is 6.47. The highest BCUT2D eigenvalue weighted by Gasteiger charge is 2.32. The Balaban J connectivity index is 1.65. The standard InChI is InChI=1S/C21H10BrF8NO3S/c22-11-7-9(21(28,29)30)1-3-12(11)31-5-6-33-14-8-10(2-4-13(14)31)35(32)34-20-18(26)16(24)15(23)17(25)19(20)27/h1-4,7-8H,5-6H2. The average molecular weight is 588 g/mol. The molecule has 1 aliphatic heterocycles. The third kappa shape index (κ3) is 4.68. The van der Waals surface area contributed by atoms with Crippen molar-refractivity contribution in [1.82, 2.24) is 0 Å². The van der Waals surface area contributed by atoms with Crippen LogP contribution in [0.25, 0.3) is 0 Å². The van der Waals surface area contributed by atoms with Crippen molar-refractivity contribution < 1.29 is 48.3 Å². The molecule has 0 spiro atoms. The zero-order chi connectivity index (χ0) is 25.7. The first-order chi connectivity index (χ1) is 16.4. The Morgan fingerprint density at radius 2 is 1.49 bits per heavy atom. The molecule has 1 aliphatic rings. The highest BCUT2D eigenvalue weighted by atomic mass is 79.9. The number of fused-ring (bicyclic) bond motifs is 1. The molecule has 1 heterocycles. The second-order valence-corrected chi connectivity index (χ2v) is 8.97. The molecular formula is C21H10BrF8NO3S. The van der Waals surface area contributed by atoms with E-state index in [0.717, 1.165) is 18.2 Å². The fourth-order valence-corrected chi connectivity index (χ4v) is 4.61. The van der Waals surface area contributed by atoms with Crippen molar-refractivity contribution in [2.45, 2.75) is 11.1 Å². The van der Waals surface area contributed by atoms with Gasteiger partial charge in [-0.15, -0.1) is 0 Å². The molecular weight excluding hydrogens is 578 g/mol. The lowest BCUT2D eigenvalue weighted by Crippen LogP contribution is -2.29. The summed E-state index contributed by atoms with van der Waals surface area (Å²) >= 11 is 0.404. The molecule has 4 rings (SSSR count). The second kappa shape index (κ2) is 9.30. The minimum Gasteiger partial charge on any atom is -0.489 e. The number of benzene rings is 3. The summed E-state index contributed by atoms with van der Waals surface area (Å²) in [6, 6.07) is 6.75. The van der Waals surface area contributed by atoms with E-state index in [-0.39, 0.29) is 28.3 Å². The largest absolute Gasteiger partial charge is 0.489 e. The predicted octanol–water partition coefficient (Wildman–Crippen LogP) is 6.80. The van der Waals surface area contributed by atoms with Crippen LogP contribution in [0.3, 0.4) is 0 Å². The molecule has 3 aromatic rings. The van der Waals surface area contributed by atoms with Crippen LogP contribution in [0, 0.1) is 29.1 Å². The number of anilines is 2. The molecule has 0 bridgehead atoms. The van der Waals surface area contributed by atoms with Gasteiger partial charge in [0.05, 0.1) is 28.4 Å². The lowest BCUT2D eigenvalue weighted by molar-refractivity contribution is -0.137. The van der Waals surface area contributed by atoms with Gasteiger partial charge in [0.1, 0.15) is 12.4 Å². The summed E-state index contributed by atoms with van der Waals surface area (Å²) in [6.45, 7) is 0.301. The number of hydrogen-bond donors (Lipinski definition) is 0. The van der Waals surface area contributed by atoms with E-state index in [4.69, 9.17) is 4.74 Å². The third-order valence-electron chi connectivity index (χ3n) is 4.88. The molecule has 35 heavy (non-hydrogen) atoms. The van der Waals surface area contributed by atoms with Crippen molar-refractivity contribution in [3.63, 3.8) is 0 Å². The summed E-state index contributed by atoms with van der Waals surface area (Å²) < 4.78 is 129. The average Bonchev–Trinajstić information content (AvgIpc) is 2.82. The van der Waals surface area contributed by atoms with Gasteiger partial charge in [-0.1, -0.05) is 0 Å². The molecule has 1 atom stereocenters. The van der Waals surface area contributed by atoms with E-state index in [0.29, 0.717) is 11.4 Å². The van der Waals surface area contributed by atoms with Crippen LogP contribution in [0.1, 0.15) is 5.56 Å². The van der Waals surface area contributed by atoms with Crippen LogP contribution in [0.4, 0.5) is 46.5 Å². The summed E-state index contributed by atoms with van der Waals surface area (Å²) in [4.78, 5) is 1.38. The van der Waals surface area contributed by atoms with Crippen molar-refractivity contribution in [2.24, 2.45) is 0 Å². The van der Waals surface area contributed by atoms with E-state index in [1.54, 1.807) is 4.90 Å². The first-order valence-corrected chi connectivity index (χ1v) is 11.3. The smallest absolute Gasteiger partial charge is 0.416 e. The van der Waals surface area contributed by atoms with Crippen LogP contribution in [-0.2, 0) is 17.3 Å². The van der Waals surface area contributed by atoms with Gasteiger partial charge in [-0.25, -0.2) is 17.4 Å². The first-order valence-electron chi connectivity index (χ1n) is 9.42. The zero-order valence-corrected chi connectivity index (χ0v) is 19.3. The maximum Gasteiger partial charge on any atom is 0.416 e. The van der Waals surface area contributed by atoms with E-state index in [9.17, 15) is 39.3 Å². The Hall–Kier alpha value is -2.87. The molecule has 0 amide bonds. The van der Waals surface area contributed by atoms with E-state index in [1.165, 1.54) is 18.2 Å². The van der Waals surface area contributed by atoms with Gasteiger partial charge in [0.25, 0.3) is 0 Å². The molecule has 0 N–H and O–H groups in total. The van der Waals surface area contributed by atoms with Crippen LogP contribution in [0.5, 0.6) is 11.5 Å². The molecule has 0 saturated heterocycles. The molecule has 14 heteroatoms. The number of rotatable bonds is 4. The normalized spacial score (nSPS) is 14.4. The summed E-state index contributed by atoms with van der Waals surface area (Å²) in [6.07, 6.45) is -4.54. The zero-order valence-electron chi connectivity index (χ0n) is 16.9. The fraction of sp³-hybridized carbons (Fsp3) is 0.143. The second-order valence-electron chi connectivity index (χ2n) is 7.01. The van der Waals surface area contributed by atoms with Gasteiger partial charge in [-0.2, -0.15) is 22.0 Å². The van der Waals surface area contributed by atoms with Crippen molar-refractivity contribution in [3.05, 3.63) is 75.5 Å². The Morgan fingerprint density at radius 3 is 2.09 bits per heavy atom. The molecule has 4 nitrogen and oxygen atoms in total. The summed E-state index contributed by atoms with van der Waals surface area (Å²) in [5.41, 5.74) is -0.139. The van der Waals surface area contributed by atoms with Crippen LogP contribution in [0.2, 0.25) is 0 Å². The number of alkyl halides is 3. The fourth-order valence-electron chi connectivity index (χ4n) is 3.24. The number of hydrogen-bond acceptors (Lipinski definition) is 4. The summed E-state index contributed by atoms with van der Waals surface area (Å²) in [5.74, 6) is -13.1. The van der Waals surface area contributed by atoms with Crippen molar-refractivity contribution in [3.8, 4) is 11.5 Å². The Labute approximate surface area is 202 Å². The van der Waals surface area contributed by atoms with Crippen molar-refractivity contribution in [1.29, 1.82) is 0 Å². The molecule has 0 radical (unpaired) electrons. The molecule has 0 aromatic heterocycles. The lowest BCUT2D eigenvalue weighted by atomic mass is 10.1. The monoisotopic (exact) mass is 587 g/mol. The Kier molecular flexibility index (Phi) is 6.70. The topological polar surface area (TPSA) is 38.8 Å². The van der Waals surface area contributed by atoms with E-state index in [2.05, 4.69) is 20.1 Å². The van der Waals surface area contributed by atoms with Crippen LogP contribution >= 0.6 is 15.9 Å². The highest BCUT2D eigenvalue weighted by Crippen LogP contribution is 2.42. The van der Waals surface area contributed by atoms with Crippen LogP contribution in [-0.4, -0.2) is 17.4 Å². The minimum absolute atomic E-state index is 0.0645. The van der Waals surface area contributed by atoms with Gasteiger partial charge in [0, 0.05) is 10.5 Å². The first kappa shape index (κ1) is 25.2. The highest BCUT2D eigenvalue weighted by molar-refractivity contribution is 9.10. The SMILES string of the molecule is O=S(Oc1c(F)c(F)c(F)c(F)c1F)c1ccc2c(c1)OCCN2c1ccc(C(F)(F)F)cc1Br. The number of halogens is 9. The maximum atomic E-state index is 13.8. The Morgan fingerprint density at radius 1 is 0.886 bits per heavy atom. The van der Waals surface area contributed by atoms with Gasteiger partial charge >= 0.3 is 6.18 Å². The molecule has 0 saturated carbocycles. The molecule has 1 unspecified atom stereocenters. The number of nitrogens with zero attached hydrogens (tertiary/aromatic N) is 1. The van der Waals surface area contributed by atoms with E-state index >= 15 is 0 Å². The van der Waals surface area contributed by atoms with E-state index in [1.807, 2.05) is 0 Å². The number of ether oxygens (including phenoxy) is 1. The predicted molar refractivity (Wildman–Crippen MR) is 111 cm³/mol. The summed E-state index contributed by atoms with van der Waals surface area (Å²) in [7, 11) is 0. The maximum absolute atomic E-state index is 13.8. The molecule has 0 aliphatic carbocycles. The van der Waals surface area contributed by atoms with Gasteiger partial charge in [-0.05, 0) is 46.3 Å². The van der Waals surface area contributed by atoms with Gasteiger partial charge in [-0.3, -0.25) is 0 Å². The minimum atomic E-state index is -4.54. The molecule has 3 aromatic carbocycles. The Bertz CT molecular complexity index is 1320. The van der Waals surface area contributed by atoms with Crippen LogP contribution < -0.4 is 13.8 Å². The summed E-state index contributed by atoms with van der Waals surface area (Å²) in [5, 5.41) is 0. The quantitative estimate of drug-likeness (QED) is 0.191. The van der Waals surface area contributed by atoms with Gasteiger partial charge in [0.15, 0.2) is 0 Å². The van der Waals surface area contributed by atoms with Crippen molar-refractivity contribution >= 4 is 38.4 Å². The van der Waals surface area contributed by atoms with Crippen molar-refractivity contribution in [2.75, 3.05) is 18.1 Å². The molecule has 186 valence electrons. The van der Waals surface area contributed by atoms with Gasteiger partial charge in [0.2, 0.25) is 45.9 Å². The van der Waals surface area contributed by atoms with Crippen LogP contribution in [0.15, 0.2) is 45.8 Å². The van der Waals surface area contributed by atoms with Gasteiger partial charge < -0.3 is 13.8 Å². The van der Waals surface area contributed by atoms with E-state index < -0.39 is 57.7 Å². The lowest BCUT2D eigenvalue weighted by Gasteiger charge is -2.32. The molecule has 0 fully saturated rings.